The molecule has 2 aromatic carbocycles. The summed E-state index contributed by atoms with van der Waals surface area (Å²) in [5.41, 5.74) is 0.222. The molecule has 7 nitrogen and oxygen atoms in total. The highest BCUT2D eigenvalue weighted by molar-refractivity contribution is 5.94. The van der Waals surface area contributed by atoms with Crippen molar-refractivity contribution < 1.29 is 28.6 Å². The van der Waals surface area contributed by atoms with Crippen LogP contribution in [0.25, 0.3) is 0 Å². The van der Waals surface area contributed by atoms with Gasteiger partial charge in [-0.3, -0.25) is 9.59 Å². The topological polar surface area (TPSA) is 90.9 Å². The van der Waals surface area contributed by atoms with Crippen LogP contribution in [0.2, 0.25) is 0 Å². The summed E-state index contributed by atoms with van der Waals surface area (Å²) < 4.78 is 15.3. The molecule has 27 heavy (non-hydrogen) atoms. The minimum atomic E-state index is -0.661. The molecule has 0 heterocycles. The van der Waals surface area contributed by atoms with Gasteiger partial charge in [0.1, 0.15) is 17.1 Å². The molecule has 1 amide bonds. The van der Waals surface area contributed by atoms with Crippen LogP contribution in [0.3, 0.4) is 0 Å². The summed E-state index contributed by atoms with van der Waals surface area (Å²) in [7, 11) is 1.31. The Labute approximate surface area is 157 Å². The number of rotatable bonds is 9. The van der Waals surface area contributed by atoms with E-state index in [1.54, 1.807) is 36.4 Å². The standard InChI is InChI=1S/C20H21NO6/c1-25-19(23)12-7-13-21-18(22)14-26-20(24)16-10-5-6-11-17(16)27-15-8-3-2-4-9-15/h2-6,8-11H,7,12-14H2,1H3,(H,21,22). The summed E-state index contributed by atoms with van der Waals surface area (Å²) >= 11 is 0. The van der Waals surface area contributed by atoms with Crippen molar-refractivity contribution in [2.24, 2.45) is 0 Å². The van der Waals surface area contributed by atoms with Gasteiger partial charge in [-0.2, -0.15) is 0 Å². The average Bonchev–Trinajstić information content (AvgIpc) is 2.70. The molecule has 0 aliphatic rings. The quantitative estimate of drug-likeness (QED) is 0.538. The van der Waals surface area contributed by atoms with Crippen LogP contribution >= 0.6 is 0 Å². The van der Waals surface area contributed by atoms with Crippen LogP contribution in [0.4, 0.5) is 0 Å². The van der Waals surface area contributed by atoms with Crippen LogP contribution in [0.5, 0.6) is 11.5 Å². The number of esters is 2. The zero-order chi connectivity index (χ0) is 19.5. The molecule has 2 rings (SSSR count). The molecule has 0 saturated heterocycles. The predicted octanol–water partition coefficient (Wildman–Crippen LogP) is 2.71. The minimum Gasteiger partial charge on any atom is -0.469 e. The van der Waals surface area contributed by atoms with E-state index in [9.17, 15) is 14.4 Å². The summed E-state index contributed by atoms with van der Waals surface area (Å²) in [6.45, 7) is -0.129. The smallest absolute Gasteiger partial charge is 0.342 e. The van der Waals surface area contributed by atoms with Gasteiger partial charge in [-0.15, -0.1) is 0 Å². The Morgan fingerprint density at radius 1 is 0.963 bits per heavy atom. The Kier molecular flexibility index (Phi) is 7.84. The Hall–Kier alpha value is -3.35. The van der Waals surface area contributed by atoms with Gasteiger partial charge in [-0.05, 0) is 30.7 Å². The number of hydrogen-bond acceptors (Lipinski definition) is 6. The lowest BCUT2D eigenvalue weighted by Gasteiger charge is -2.11. The molecule has 2 aromatic rings. The van der Waals surface area contributed by atoms with Crippen LogP contribution in [0.15, 0.2) is 54.6 Å². The average molecular weight is 371 g/mol. The maximum atomic E-state index is 12.3. The predicted molar refractivity (Wildman–Crippen MR) is 97.5 cm³/mol. The maximum absolute atomic E-state index is 12.3. The molecule has 0 saturated carbocycles. The van der Waals surface area contributed by atoms with Crippen molar-refractivity contribution in [3.63, 3.8) is 0 Å². The van der Waals surface area contributed by atoms with Crippen molar-refractivity contribution in [2.45, 2.75) is 12.8 Å². The first-order valence-corrected chi connectivity index (χ1v) is 8.42. The lowest BCUT2D eigenvalue weighted by atomic mass is 10.2. The van der Waals surface area contributed by atoms with E-state index in [1.807, 2.05) is 18.2 Å². The largest absolute Gasteiger partial charge is 0.469 e. The molecule has 0 atom stereocenters. The summed E-state index contributed by atoms with van der Waals surface area (Å²) in [4.78, 5) is 35.0. The van der Waals surface area contributed by atoms with Crippen molar-refractivity contribution in [1.82, 2.24) is 5.32 Å². The fourth-order valence-corrected chi connectivity index (χ4v) is 2.16. The highest BCUT2D eigenvalue weighted by atomic mass is 16.5. The molecule has 7 heteroatoms. The number of amides is 1. The third kappa shape index (κ3) is 6.81. The van der Waals surface area contributed by atoms with E-state index in [-0.39, 0.29) is 18.0 Å². The Morgan fingerprint density at radius 2 is 1.67 bits per heavy atom. The lowest BCUT2D eigenvalue weighted by Crippen LogP contribution is -2.30. The fraction of sp³-hybridized carbons (Fsp3) is 0.250. The van der Waals surface area contributed by atoms with E-state index in [0.717, 1.165) is 0 Å². The van der Waals surface area contributed by atoms with Gasteiger partial charge in [-0.25, -0.2) is 4.79 Å². The van der Waals surface area contributed by atoms with Crippen molar-refractivity contribution in [3.05, 3.63) is 60.2 Å². The first-order chi connectivity index (χ1) is 13.1. The molecule has 0 unspecified atom stereocenters. The monoisotopic (exact) mass is 371 g/mol. The second kappa shape index (κ2) is 10.6. The highest BCUT2D eigenvalue weighted by Crippen LogP contribution is 2.25. The first kappa shape index (κ1) is 20.0. The van der Waals surface area contributed by atoms with Gasteiger partial charge in [0.15, 0.2) is 6.61 Å². The van der Waals surface area contributed by atoms with E-state index in [4.69, 9.17) is 9.47 Å². The van der Waals surface area contributed by atoms with E-state index in [2.05, 4.69) is 10.1 Å². The summed E-state index contributed by atoms with van der Waals surface area (Å²) in [5, 5.41) is 2.57. The van der Waals surface area contributed by atoms with Crippen molar-refractivity contribution in [3.8, 4) is 11.5 Å². The minimum absolute atomic E-state index is 0.209. The molecular weight excluding hydrogens is 350 g/mol. The first-order valence-electron chi connectivity index (χ1n) is 8.42. The number of methoxy groups -OCH3 is 1. The van der Waals surface area contributed by atoms with Gasteiger partial charge in [0.2, 0.25) is 0 Å². The zero-order valence-corrected chi connectivity index (χ0v) is 15.0. The second-order valence-corrected chi connectivity index (χ2v) is 5.52. The van der Waals surface area contributed by atoms with Crippen LogP contribution in [0.1, 0.15) is 23.2 Å². The number of ether oxygens (including phenoxy) is 3. The van der Waals surface area contributed by atoms with Crippen LogP contribution in [-0.2, 0) is 19.1 Å². The molecule has 1 N–H and O–H groups in total. The molecule has 0 aromatic heterocycles. The number of carbonyl (C=O) groups is 3. The normalized spacial score (nSPS) is 9.96. The summed E-state index contributed by atoms with van der Waals surface area (Å²) in [5.74, 6) is -0.528. The second-order valence-electron chi connectivity index (χ2n) is 5.52. The molecule has 0 radical (unpaired) electrons. The molecule has 142 valence electrons. The zero-order valence-electron chi connectivity index (χ0n) is 15.0. The number of carbonyl (C=O) groups excluding carboxylic acids is 3. The lowest BCUT2D eigenvalue weighted by molar-refractivity contribution is -0.140. The molecule has 0 bridgehead atoms. The third-order valence-electron chi connectivity index (χ3n) is 3.52. The Balaban J connectivity index is 1.83. The number of hydrogen-bond donors (Lipinski definition) is 1. The van der Waals surface area contributed by atoms with Gasteiger partial charge >= 0.3 is 11.9 Å². The van der Waals surface area contributed by atoms with Crippen LogP contribution < -0.4 is 10.1 Å². The van der Waals surface area contributed by atoms with Gasteiger partial charge in [0.25, 0.3) is 5.91 Å². The van der Waals surface area contributed by atoms with E-state index in [1.165, 1.54) is 7.11 Å². The third-order valence-corrected chi connectivity index (χ3v) is 3.52. The van der Waals surface area contributed by atoms with Crippen molar-refractivity contribution in [1.29, 1.82) is 0 Å². The maximum Gasteiger partial charge on any atom is 0.342 e. The van der Waals surface area contributed by atoms with Gasteiger partial charge < -0.3 is 19.5 Å². The van der Waals surface area contributed by atoms with Crippen molar-refractivity contribution >= 4 is 17.8 Å². The van der Waals surface area contributed by atoms with Crippen LogP contribution in [0, 0.1) is 0 Å². The fourth-order valence-electron chi connectivity index (χ4n) is 2.16. The van der Waals surface area contributed by atoms with Crippen molar-refractivity contribution in [2.75, 3.05) is 20.3 Å². The van der Waals surface area contributed by atoms with Crippen LogP contribution in [-0.4, -0.2) is 38.1 Å². The van der Waals surface area contributed by atoms with Gasteiger partial charge in [0.05, 0.1) is 7.11 Å². The number of benzene rings is 2. The highest BCUT2D eigenvalue weighted by Gasteiger charge is 2.15. The van der Waals surface area contributed by atoms with E-state index < -0.39 is 18.5 Å². The van der Waals surface area contributed by atoms with E-state index in [0.29, 0.717) is 24.5 Å². The SMILES string of the molecule is COC(=O)CCCNC(=O)COC(=O)c1ccccc1Oc1ccccc1. The summed E-state index contributed by atoms with van der Waals surface area (Å²) in [6.07, 6.45) is 0.654. The molecular formula is C20H21NO6. The molecule has 0 aliphatic carbocycles. The Morgan fingerprint density at radius 3 is 2.41 bits per heavy atom. The summed E-state index contributed by atoms with van der Waals surface area (Å²) in [6, 6.07) is 15.7. The Bertz CT molecular complexity index is 775. The molecule has 0 spiro atoms. The molecule has 0 fully saturated rings. The van der Waals surface area contributed by atoms with E-state index >= 15 is 0 Å². The number of para-hydroxylation sites is 2. The van der Waals surface area contributed by atoms with Gasteiger partial charge in [0, 0.05) is 13.0 Å². The van der Waals surface area contributed by atoms with Gasteiger partial charge in [-0.1, -0.05) is 30.3 Å². The number of nitrogens with one attached hydrogen (secondary N) is 1. The molecule has 0 aliphatic heterocycles.